The minimum atomic E-state index is -1.11. The van der Waals surface area contributed by atoms with Crippen molar-refractivity contribution in [3.05, 3.63) is 30.7 Å². The summed E-state index contributed by atoms with van der Waals surface area (Å²) in [7, 11) is 0. The average Bonchev–Trinajstić information content (AvgIpc) is 2.80. The zero-order chi connectivity index (χ0) is 12.5. The SMILES string of the molecule is CC(C)(C(=O)O)n1cc(-c2ccncc2)nn1. The fraction of sp³-hybridized carbons (Fsp3) is 0.273. The summed E-state index contributed by atoms with van der Waals surface area (Å²) in [5, 5.41) is 16.9. The molecular formula is C11H12N4O2. The summed E-state index contributed by atoms with van der Waals surface area (Å²) < 4.78 is 1.34. The average molecular weight is 232 g/mol. The summed E-state index contributed by atoms with van der Waals surface area (Å²) in [6.45, 7) is 3.14. The van der Waals surface area contributed by atoms with E-state index in [1.807, 2.05) is 0 Å². The maximum atomic E-state index is 11.1. The van der Waals surface area contributed by atoms with Gasteiger partial charge in [-0.3, -0.25) is 4.98 Å². The first kappa shape index (κ1) is 11.3. The molecule has 0 fully saturated rings. The number of aromatic nitrogens is 4. The van der Waals surface area contributed by atoms with E-state index in [4.69, 9.17) is 5.11 Å². The lowest BCUT2D eigenvalue weighted by Gasteiger charge is -2.18. The van der Waals surface area contributed by atoms with E-state index in [1.54, 1.807) is 44.6 Å². The van der Waals surface area contributed by atoms with Gasteiger partial charge in [0, 0.05) is 18.0 Å². The standard InChI is InChI=1S/C11H12N4O2/c1-11(2,10(16)17)15-7-9(13-14-15)8-3-5-12-6-4-8/h3-7H,1-2H3,(H,16,17). The summed E-state index contributed by atoms with van der Waals surface area (Å²) in [4.78, 5) is 15.0. The topological polar surface area (TPSA) is 80.9 Å². The van der Waals surface area contributed by atoms with E-state index in [-0.39, 0.29) is 0 Å². The quantitative estimate of drug-likeness (QED) is 0.858. The van der Waals surface area contributed by atoms with Crippen LogP contribution in [0.4, 0.5) is 0 Å². The molecule has 0 atom stereocenters. The summed E-state index contributed by atoms with van der Waals surface area (Å²) >= 11 is 0. The smallest absolute Gasteiger partial charge is 0.331 e. The zero-order valence-electron chi connectivity index (χ0n) is 9.53. The van der Waals surface area contributed by atoms with Crippen LogP contribution in [0.3, 0.4) is 0 Å². The van der Waals surface area contributed by atoms with Crippen molar-refractivity contribution in [3.63, 3.8) is 0 Å². The van der Waals surface area contributed by atoms with Crippen LogP contribution in [0.1, 0.15) is 13.8 Å². The number of aliphatic carboxylic acids is 1. The predicted molar refractivity (Wildman–Crippen MR) is 60.2 cm³/mol. The maximum Gasteiger partial charge on any atom is 0.331 e. The van der Waals surface area contributed by atoms with Crippen LogP contribution in [0.25, 0.3) is 11.3 Å². The van der Waals surface area contributed by atoms with Crippen molar-refractivity contribution in [3.8, 4) is 11.3 Å². The van der Waals surface area contributed by atoms with Gasteiger partial charge < -0.3 is 5.11 Å². The van der Waals surface area contributed by atoms with Gasteiger partial charge in [0.15, 0.2) is 5.54 Å². The number of carbonyl (C=O) groups is 1. The molecule has 2 rings (SSSR count). The normalized spacial score (nSPS) is 11.4. The zero-order valence-corrected chi connectivity index (χ0v) is 9.53. The second-order valence-corrected chi connectivity index (χ2v) is 4.15. The Labute approximate surface area is 97.9 Å². The maximum absolute atomic E-state index is 11.1. The fourth-order valence-corrected chi connectivity index (χ4v) is 1.29. The van der Waals surface area contributed by atoms with E-state index < -0.39 is 11.5 Å². The lowest BCUT2D eigenvalue weighted by Crippen LogP contribution is -2.36. The molecule has 0 unspecified atom stereocenters. The van der Waals surface area contributed by atoms with Crippen molar-refractivity contribution in [1.29, 1.82) is 0 Å². The molecule has 0 bridgehead atoms. The van der Waals surface area contributed by atoms with Gasteiger partial charge in [-0.1, -0.05) is 5.21 Å². The van der Waals surface area contributed by atoms with Crippen molar-refractivity contribution in [2.45, 2.75) is 19.4 Å². The lowest BCUT2D eigenvalue weighted by atomic mass is 10.1. The van der Waals surface area contributed by atoms with E-state index in [9.17, 15) is 4.79 Å². The van der Waals surface area contributed by atoms with Gasteiger partial charge in [0.25, 0.3) is 0 Å². The van der Waals surface area contributed by atoms with Crippen molar-refractivity contribution in [1.82, 2.24) is 20.0 Å². The summed E-state index contributed by atoms with van der Waals surface area (Å²) in [6.07, 6.45) is 4.91. The number of carboxylic acids is 1. The molecule has 0 aliphatic heterocycles. The highest BCUT2D eigenvalue weighted by Crippen LogP contribution is 2.19. The highest BCUT2D eigenvalue weighted by molar-refractivity contribution is 5.75. The van der Waals surface area contributed by atoms with E-state index in [1.165, 1.54) is 4.68 Å². The Balaban J connectivity index is 2.38. The number of carboxylic acid groups (broad SMARTS) is 1. The molecule has 0 aromatic carbocycles. The molecule has 2 aromatic heterocycles. The molecule has 17 heavy (non-hydrogen) atoms. The largest absolute Gasteiger partial charge is 0.479 e. The molecular weight excluding hydrogens is 220 g/mol. The van der Waals surface area contributed by atoms with E-state index in [0.717, 1.165) is 5.56 Å². The van der Waals surface area contributed by atoms with Crippen LogP contribution in [0, 0.1) is 0 Å². The minimum absolute atomic E-state index is 0.627. The first-order valence-electron chi connectivity index (χ1n) is 5.08. The van der Waals surface area contributed by atoms with Crippen molar-refractivity contribution in [2.24, 2.45) is 0 Å². The summed E-state index contributed by atoms with van der Waals surface area (Å²) in [6, 6.07) is 3.59. The predicted octanol–water partition coefficient (Wildman–Crippen LogP) is 1.16. The van der Waals surface area contributed by atoms with Crippen molar-refractivity contribution >= 4 is 5.97 Å². The molecule has 2 aromatic rings. The molecule has 0 saturated carbocycles. The Kier molecular flexibility index (Phi) is 2.63. The number of hydrogen-bond donors (Lipinski definition) is 1. The van der Waals surface area contributed by atoms with Gasteiger partial charge in [-0.25, -0.2) is 9.48 Å². The van der Waals surface area contributed by atoms with Crippen LogP contribution in [0.15, 0.2) is 30.7 Å². The van der Waals surface area contributed by atoms with Gasteiger partial charge in [0.2, 0.25) is 0 Å². The molecule has 88 valence electrons. The monoisotopic (exact) mass is 232 g/mol. The van der Waals surface area contributed by atoms with E-state index >= 15 is 0 Å². The third kappa shape index (κ3) is 2.01. The molecule has 0 spiro atoms. The van der Waals surface area contributed by atoms with Gasteiger partial charge in [-0.05, 0) is 26.0 Å². The summed E-state index contributed by atoms with van der Waals surface area (Å²) in [5.41, 5.74) is 0.368. The Hall–Kier alpha value is -2.24. The fourth-order valence-electron chi connectivity index (χ4n) is 1.29. The number of pyridine rings is 1. The second-order valence-electron chi connectivity index (χ2n) is 4.15. The van der Waals surface area contributed by atoms with E-state index in [2.05, 4.69) is 15.3 Å². The van der Waals surface area contributed by atoms with Crippen LogP contribution in [-0.2, 0) is 10.3 Å². The Morgan fingerprint density at radius 3 is 2.59 bits per heavy atom. The first-order chi connectivity index (χ1) is 8.01. The van der Waals surface area contributed by atoms with Crippen LogP contribution >= 0.6 is 0 Å². The molecule has 0 aliphatic rings. The Morgan fingerprint density at radius 2 is 2.00 bits per heavy atom. The Morgan fingerprint density at radius 1 is 1.35 bits per heavy atom. The number of hydrogen-bond acceptors (Lipinski definition) is 4. The third-order valence-electron chi connectivity index (χ3n) is 2.57. The highest BCUT2D eigenvalue weighted by atomic mass is 16.4. The molecule has 6 heteroatoms. The van der Waals surface area contributed by atoms with Gasteiger partial charge in [-0.2, -0.15) is 0 Å². The minimum Gasteiger partial charge on any atom is -0.479 e. The van der Waals surface area contributed by atoms with Crippen LogP contribution < -0.4 is 0 Å². The highest BCUT2D eigenvalue weighted by Gasteiger charge is 2.30. The van der Waals surface area contributed by atoms with Crippen LogP contribution in [-0.4, -0.2) is 31.1 Å². The third-order valence-corrected chi connectivity index (χ3v) is 2.57. The number of nitrogens with zero attached hydrogens (tertiary/aromatic N) is 4. The number of rotatable bonds is 3. The Bertz CT molecular complexity index is 533. The second kappa shape index (κ2) is 3.97. The van der Waals surface area contributed by atoms with Crippen LogP contribution in [0.2, 0.25) is 0 Å². The first-order valence-corrected chi connectivity index (χ1v) is 5.08. The lowest BCUT2D eigenvalue weighted by molar-refractivity contribution is -0.146. The molecule has 0 saturated heterocycles. The van der Waals surface area contributed by atoms with Gasteiger partial charge >= 0.3 is 5.97 Å². The molecule has 0 amide bonds. The molecule has 2 heterocycles. The summed E-state index contributed by atoms with van der Waals surface area (Å²) in [5.74, 6) is -0.955. The molecule has 0 radical (unpaired) electrons. The van der Waals surface area contributed by atoms with E-state index in [0.29, 0.717) is 5.69 Å². The molecule has 0 aliphatic carbocycles. The van der Waals surface area contributed by atoms with Gasteiger partial charge in [-0.15, -0.1) is 5.10 Å². The van der Waals surface area contributed by atoms with Crippen molar-refractivity contribution in [2.75, 3.05) is 0 Å². The molecule has 6 nitrogen and oxygen atoms in total. The molecule has 1 N–H and O–H groups in total. The van der Waals surface area contributed by atoms with Crippen molar-refractivity contribution < 1.29 is 9.90 Å². The van der Waals surface area contributed by atoms with Gasteiger partial charge in [0.1, 0.15) is 5.69 Å². The van der Waals surface area contributed by atoms with Gasteiger partial charge in [0.05, 0.1) is 6.20 Å². The van der Waals surface area contributed by atoms with Crippen LogP contribution in [0.5, 0.6) is 0 Å².